The smallest absolute Gasteiger partial charge is 0.184 e. The van der Waals surface area contributed by atoms with E-state index < -0.39 is 0 Å². The molecule has 3 rings (SSSR count). The summed E-state index contributed by atoms with van der Waals surface area (Å²) >= 11 is 5.06. The maximum absolute atomic E-state index is 4.34. The van der Waals surface area contributed by atoms with Gasteiger partial charge in [-0.2, -0.15) is 20.5 Å². The van der Waals surface area contributed by atoms with Gasteiger partial charge < -0.3 is 15.5 Å². The van der Waals surface area contributed by atoms with Gasteiger partial charge in [0.15, 0.2) is 11.6 Å². The zero-order valence-electron chi connectivity index (χ0n) is 15.5. The van der Waals surface area contributed by atoms with Crippen molar-refractivity contribution in [1.82, 2.24) is 18.6 Å². The molecule has 0 aliphatic carbocycles. The molecular weight excluding hydrogens is 396 g/mol. The summed E-state index contributed by atoms with van der Waals surface area (Å²) in [6, 6.07) is 8.45. The zero-order chi connectivity index (χ0) is 18.9. The van der Waals surface area contributed by atoms with Crippen LogP contribution in [0.2, 0.25) is 0 Å². The van der Waals surface area contributed by atoms with Crippen LogP contribution in [-0.2, 0) is 18.8 Å². The predicted molar refractivity (Wildman–Crippen MR) is 118 cm³/mol. The molecule has 3 heterocycles. The van der Waals surface area contributed by atoms with Crippen LogP contribution in [0.3, 0.4) is 0 Å². The largest absolute Gasteiger partial charge is 0.365 e. The van der Waals surface area contributed by atoms with Gasteiger partial charge in [-0.15, -0.1) is 11.3 Å². The molecule has 0 bridgehead atoms. The van der Waals surface area contributed by atoms with Gasteiger partial charge in [0.1, 0.15) is 0 Å². The number of aromatic nitrogens is 3. The second-order valence-corrected chi connectivity index (χ2v) is 9.15. The Morgan fingerprint density at radius 2 is 1.89 bits per heavy atom. The third-order valence-corrected chi connectivity index (χ3v) is 6.43. The number of thioether (sulfide) groups is 1. The Morgan fingerprint density at radius 3 is 2.67 bits per heavy atom. The molecule has 0 unspecified atom stereocenters. The Kier molecular flexibility index (Phi) is 7.88. The molecule has 3 aromatic heterocycles. The van der Waals surface area contributed by atoms with E-state index in [-0.39, 0.29) is 0 Å². The molecule has 3 aromatic rings. The van der Waals surface area contributed by atoms with Crippen LogP contribution in [0.25, 0.3) is 0 Å². The van der Waals surface area contributed by atoms with Crippen LogP contribution in [0.5, 0.6) is 0 Å². The summed E-state index contributed by atoms with van der Waals surface area (Å²) in [6.45, 7) is 2.58. The van der Waals surface area contributed by atoms with Gasteiger partial charge >= 0.3 is 0 Å². The van der Waals surface area contributed by atoms with Crippen molar-refractivity contribution < 1.29 is 0 Å². The first kappa shape index (κ1) is 20.1. The van der Waals surface area contributed by atoms with E-state index in [0.717, 1.165) is 41.8 Å². The minimum atomic E-state index is 0.691. The number of pyridine rings is 1. The zero-order valence-corrected chi connectivity index (χ0v) is 18.0. The molecule has 0 fully saturated rings. The highest BCUT2D eigenvalue weighted by atomic mass is 32.2. The van der Waals surface area contributed by atoms with E-state index in [0.29, 0.717) is 6.54 Å². The Balaban J connectivity index is 1.36. The van der Waals surface area contributed by atoms with Gasteiger partial charge in [0, 0.05) is 53.3 Å². The van der Waals surface area contributed by atoms with Gasteiger partial charge in [-0.1, -0.05) is 6.07 Å². The third-order valence-electron chi connectivity index (χ3n) is 3.64. The van der Waals surface area contributed by atoms with Crippen molar-refractivity contribution in [2.75, 3.05) is 37.0 Å². The summed E-state index contributed by atoms with van der Waals surface area (Å²) in [7, 11) is 4.21. The van der Waals surface area contributed by atoms with Crippen molar-refractivity contribution >= 4 is 46.5 Å². The topological polar surface area (TPSA) is 66.0 Å². The summed E-state index contributed by atoms with van der Waals surface area (Å²) in [5, 5.41) is 6.70. The van der Waals surface area contributed by atoms with Crippen molar-refractivity contribution in [3.8, 4) is 0 Å². The van der Waals surface area contributed by atoms with Gasteiger partial charge in [-0.3, -0.25) is 4.98 Å². The highest BCUT2D eigenvalue weighted by Crippen LogP contribution is 2.23. The number of nitrogens with one attached hydrogen (secondary N) is 2. The maximum atomic E-state index is 4.34. The number of hydrogen-bond acceptors (Lipinski definition) is 9. The Bertz CT molecular complexity index is 802. The van der Waals surface area contributed by atoms with Crippen LogP contribution in [0.1, 0.15) is 15.3 Å². The van der Waals surface area contributed by atoms with Crippen LogP contribution in [-0.4, -0.2) is 45.0 Å². The molecule has 0 radical (unpaired) electrons. The Hall–Kier alpha value is -1.68. The van der Waals surface area contributed by atoms with Crippen molar-refractivity contribution in [3.63, 3.8) is 0 Å². The van der Waals surface area contributed by atoms with E-state index in [9.17, 15) is 0 Å². The summed E-state index contributed by atoms with van der Waals surface area (Å²) in [5.74, 6) is 3.72. The standard InChI is InChI=1S/C18H24N6S3/c1-24(2)12-15-5-6-16(26-15)13-25-9-8-20-17-18(23-27-22-17)21-11-14-4-3-7-19-10-14/h3-7,10H,8-9,11-13H2,1-2H3,(H,20,22)(H,21,23). The number of hydrogen-bond donors (Lipinski definition) is 2. The van der Waals surface area contributed by atoms with Gasteiger partial charge in [0.2, 0.25) is 0 Å². The molecule has 0 saturated heterocycles. The second-order valence-electron chi connectivity index (χ2n) is 6.26. The van der Waals surface area contributed by atoms with Crippen LogP contribution < -0.4 is 10.6 Å². The van der Waals surface area contributed by atoms with Gasteiger partial charge in [-0.25, -0.2) is 0 Å². The third kappa shape index (κ3) is 6.76. The molecule has 0 amide bonds. The molecule has 27 heavy (non-hydrogen) atoms. The molecule has 2 N–H and O–H groups in total. The first-order valence-electron chi connectivity index (χ1n) is 8.70. The molecular formula is C18H24N6S3. The predicted octanol–water partition coefficient (Wildman–Crippen LogP) is 4.01. The average Bonchev–Trinajstić information content (AvgIpc) is 3.29. The molecule has 9 heteroatoms. The lowest BCUT2D eigenvalue weighted by Crippen LogP contribution is -2.09. The minimum absolute atomic E-state index is 0.691. The maximum Gasteiger partial charge on any atom is 0.184 e. The van der Waals surface area contributed by atoms with Gasteiger partial charge in [0.25, 0.3) is 0 Å². The fraction of sp³-hybridized carbons (Fsp3) is 0.389. The molecule has 0 saturated carbocycles. The number of rotatable bonds is 11. The number of nitrogens with zero attached hydrogens (tertiary/aromatic N) is 4. The first-order valence-corrected chi connectivity index (χ1v) is 11.4. The molecule has 0 aliphatic rings. The van der Waals surface area contributed by atoms with Crippen LogP contribution in [0, 0.1) is 0 Å². The van der Waals surface area contributed by atoms with E-state index in [1.54, 1.807) is 6.20 Å². The average molecular weight is 421 g/mol. The van der Waals surface area contributed by atoms with Crippen molar-refractivity contribution in [1.29, 1.82) is 0 Å². The van der Waals surface area contributed by atoms with Crippen molar-refractivity contribution in [2.24, 2.45) is 0 Å². The second kappa shape index (κ2) is 10.6. The number of thiophene rings is 1. The summed E-state index contributed by atoms with van der Waals surface area (Å²) in [4.78, 5) is 9.19. The van der Waals surface area contributed by atoms with E-state index >= 15 is 0 Å². The highest BCUT2D eigenvalue weighted by molar-refractivity contribution is 7.98. The molecule has 0 spiro atoms. The van der Waals surface area contributed by atoms with E-state index in [1.807, 2.05) is 41.4 Å². The lowest BCUT2D eigenvalue weighted by Gasteiger charge is -2.07. The summed E-state index contributed by atoms with van der Waals surface area (Å²) < 4.78 is 8.68. The van der Waals surface area contributed by atoms with E-state index in [4.69, 9.17) is 0 Å². The summed E-state index contributed by atoms with van der Waals surface area (Å²) in [6.07, 6.45) is 3.63. The Morgan fingerprint density at radius 1 is 1.07 bits per heavy atom. The van der Waals surface area contributed by atoms with E-state index in [2.05, 4.69) is 55.5 Å². The normalized spacial score (nSPS) is 11.1. The molecule has 0 aliphatic heterocycles. The highest BCUT2D eigenvalue weighted by Gasteiger charge is 2.07. The fourth-order valence-corrected chi connectivity index (χ4v) is 5.03. The first-order chi connectivity index (χ1) is 13.2. The lowest BCUT2D eigenvalue weighted by atomic mass is 10.3. The van der Waals surface area contributed by atoms with E-state index in [1.165, 1.54) is 21.5 Å². The quantitative estimate of drug-likeness (QED) is 0.454. The molecule has 0 aromatic carbocycles. The Labute approximate surface area is 172 Å². The van der Waals surface area contributed by atoms with Gasteiger partial charge in [-0.05, 0) is 37.9 Å². The van der Waals surface area contributed by atoms with Crippen LogP contribution in [0.4, 0.5) is 11.6 Å². The van der Waals surface area contributed by atoms with Gasteiger partial charge in [0.05, 0.1) is 11.7 Å². The molecule has 0 atom stereocenters. The summed E-state index contributed by atoms with van der Waals surface area (Å²) in [5.41, 5.74) is 1.12. The van der Waals surface area contributed by atoms with Crippen molar-refractivity contribution in [2.45, 2.75) is 18.8 Å². The fourth-order valence-electron chi connectivity index (χ4n) is 2.42. The van der Waals surface area contributed by atoms with Crippen LogP contribution in [0.15, 0.2) is 36.7 Å². The van der Waals surface area contributed by atoms with Crippen molar-refractivity contribution in [3.05, 3.63) is 52.0 Å². The lowest BCUT2D eigenvalue weighted by molar-refractivity contribution is 0.406. The molecule has 144 valence electrons. The molecule has 6 nitrogen and oxygen atoms in total. The number of anilines is 2. The van der Waals surface area contributed by atoms with Crippen LogP contribution >= 0.6 is 34.8 Å². The minimum Gasteiger partial charge on any atom is -0.365 e. The SMILES string of the molecule is CN(C)Cc1ccc(CSCCNc2nsnc2NCc2cccnc2)s1. The monoisotopic (exact) mass is 420 g/mol.